The van der Waals surface area contributed by atoms with Gasteiger partial charge in [0.1, 0.15) is 0 Å². The topological polar surface area (TPSA) is 0 Å². The van der Waals surface area contributed by atoms with Crippen molar-refractivity contribution in [2.75, 3.05) is 0 Å². The molecule has 0 aliphatic heterocycles. The third-order valence-electron chi connectivity index (χ3n) is 0.706. The van der Waals surface area contributed by atoms with Gasteiger partial charge in [0.2, 0.25) is 0 Å². The molecule has 0 bridgehead atoms. The van der Waals surface area contributed by atoms with Gasteiger partial charge in [-0.15, -0.1) is 0 Å². The number of allylic oxidation sites excluding steroid dienone is 4. The van der Waals surface area contributed by atoms with E-state index < -0.39 is 0 Å². The summed E-state index contributed by atoms with van der Waals surface area (Å²) in [4.78, 5) is 0. The van der Waals surface area contributed by atoms with Gasteiger partial charge in [0, 0.05) is 5.03 Å². The molecule has 0 aliphatic rings. The fourth-order valence-corrected chi connectivity index (χ4v) is 0.478. The van der Waals surface area contributed by atoms with Crippen molar-refractivity contribution >= 4 is 11.6 Å². The van der Waals surface area contributed by atoms with Gasteiger partial charge in [-0.05, 0) is 13.0 Å². The second-order valence-corrected chi connectivity index (χ2v) is 2.02. The van der Waals surface area contributed by atoms with E-state index in [4.69, 9.17) is 11.6 Å². The second-order valence-electron chi connectivity index (χ2n) is 1.54. The van der Waals surface area contributed by atoms with Crippen LogP contribution in [0.2, 0.25) is 0 Å². The molecule has 1 heteroatoms. The quantitative estimate of drug-likeness (QED) is 0.502. The first-order valence-electron chi connectivity index (χ1n) is 2.32. The molecule has 0 aromatic carbocycles. The lowest BCUT2D eigenvalue weighted by Crippen LogP contribution is -1.64. The summed E-state index contributed by atoms with van der Waals surface area (Å²) >= 11 is 5.43. The van der Waals surface area contributed by atoms with Crippen LogP contribution >= 0.6 is 11.6 Å². The van der Waals surface area contributed by atoms with Gasteiger partial charge in [0.25, 0.3) is 0 Å². The Morgan fingerprint density at radius 1 is 1.62 bits per heavy atom. The van der Waals surface area contributed by atoms with Gasteiger partial charge in [-0.1, -0.05) is 36.4 Å². The smallest absolute Gasteiger partial charge is 0.0336 e. The van der Waals surface area contributed by atoms with Crippen molar-refractivity contribution in [3.63, 3.8) is 0 Å². The van der Waals surface area contributed by atoms with Crippen LogP contribution in [-0.2, 0) is 0 Å². The van der Waals surface area contributed by atoms with Gasteiger partial charge in [0.15, 0.2) is 0 Å². The average molecular weight is 129 g/mol. The molecular formula is C7H9Cl. The molecule has 0 N–H and O–H groups in total. The van der Waals surface area contributed by atoms with E-state index in [0.29, 0.717) is 5.03 Å². The van der Waals surface area contributed by atoms with Crippen LogP contribution in [-0.4, -0.2) is 0 Å². The third-order valence-corrected chi connectivity index (χ3v) is 0.815. The first-order valence-corrected chi connectivity index (χ1v) is 2.69. The molecule has 0 heterocycles. The molecule has 0 aliphatic carbocycles. The highest BCUT2D eigenvalue weighted by molar-refractivity contribution is 6.30. The lowest BCUT2D eigenvalue weighted by atomic mass is 10.3. The molecule has 0 saturated heterocycles. The van der Waals surface area contributed by atoms with Gasteiger partial charge in [0.05, 0.1) is 0 Å². The average Bonchev–Trinajstić information content (AvgIpc) is 1.65. The first-order chi connectivity index (χ1) is 3.66. The van der Waals surface area contributed by atoms with Crippen molar-refractivity contribution in [3.8, 4) is 0 Å². The molecule has 0 aromatic rings. The van der Waals surface area contributed by atoms with Crippen LogP contribution in [0.25, 0.3) is 0 Å². The normalized spacial score (nSPS) is 11.0. The summed E-state index contributed by atoms with van der Waals surface area (Å²) in [5.41, 5.74) is 1.03. The Hall–Kier alpha value is -0.490. The Balaban J connectivity index is 3.94. The summed E-state index contributed by atoms with van der Waals surface area (Å²) in [5.74, 6) is 0. The van der Waals surface area contributed by atoms with Crippen molar-refractivity contribution < 1.29 is 0 Å². The van der Waals surface area contributed by atoms with Crippen molar-refractivity contribution in [1.29, 1.82) is 0 Å². The van der Waals surface area contributed by atoms with Gasteiger partial charge in [-0.3, -0.25) is 0 Å². The Morgan fingerprint density at radius 3 is 2.25 bits per heavy atom. The van der Waals surface area contributed by atoms with E-state index in [-0.39, 0.29) is 0 Å². The van der Waals surface area contributed by atoms with Gasteiger partial charge in [-0.2, -0.15) is 0 Å². The van der Waals surface area contributed by atoms with E-state index in [1.54, 1.807) is 12.2 Å². The maximum Gasteiger partial charge on any atom is 0.0336 e. The molecule has 0 spiro atoms. The summed E-state index contributed by atoms with van der Waals surface area (Å²) in [7, 11) is 0. The molecule has 0 aromatic heterocycles. The summed E-state index contributed by atoms with van der Waals surface area (Å²) in [6.07, 6.45) is 3.49. The fraction of sp³-hybridized carbons (Fsp3) is 0.143. The predicted octanol–water partition coefficient (Wildman–Crippen LogP) is 2.87. The van der Waals surface area contributed by atoms with E-state index >= 15 is 0 Å². The number of hydrogen-bond acceptors (Lipinski definition) is 0. The van der Waals surface area contributed by atoms with E-state index in [2.05, 4.69) is 13.2 Å². The van der Waals surface area contributed by atoms with Crippen LogP contribution in [0.1, 0.15) is 6.92 Å². The van der Waals surface area contributed by atoms with E-state index in [9.17, 15) is 0 Å². The molecular weight excluding hydrogens is 120 g/mol. The highest BCUT2D eigenvalue weighted by Gasteiger charge is 1.79. The molecule has 8 heavy (non-hydrogen) atoms. The van der Waals surface area contributed by atoms with Crippen LogP contribution in [0, 0.1) is 0 Å². The fourth-order valence-electron chi connectivity index (χ4n) is 0.306. The lowest BCUT2D eigenvalue weighted by Gasteiger charge is -1.85. The predicted molar refractivity (Wildman–Crippen MR) is 38.9 cm³/mol. The molecule has 0 radical (unpaired) electrons. The molecule has 44 valence electrons. The molecule has 0 nitrogen and oxygen atoms in total. The van der Waals surface area contributed by atoms with Crippen molar-refractivity contribution in [2.45, 2.75) is 6.92 Å². The van der Waals surface area contributed by atoms with Crippen LogP contribution in [0.15, 0.2) is 35.9 Å². The number of halogens is 1. The summed E-state index contributed by atoms with van der Waals surface area (Å²) in [6, 6.07) is 0. The number of hydrogen-bond donors (Lipinski definition) is 0. The Bertz CT molecular complexity index is 131. The molecule has 0 rings (SSSR count). The SMILES string of the molecule is C=CC(C)=CC(=C)Cl. The minimum absolute atomic E-state index is 0.544. The highest BCUT2D eigenvalue weighted by atomic mass is 35.5. The standard InChI is InChI=1S/C7H9Cl/c1-4-6(2)5-7(3)8/h4-5H,1,3H2,2H3. The molecule has 0 amide bonds. The highest BCUT2D eigenvalue weighted by Crippen LogP contribution is 2.03. The zero-order valence-electron chi connectivity index (χ0n) is 4.95. The second kappa shape index (κ2) is 3.50. The van der Waals surface area contributed by atoms with Crippen LogP contribution in [0.4, 0.5) is 0 Å². The maximum atomic E-state index is 5.43. The van der Waals surface area contributed by atoms with Crippen molar-refractivity contribution in [2.24, 2.45) is 0 Å². The van der Waals surface area contributed by atoms with Gasteiger partial charge in [-0.25, -0.2) is 0 Å². The van der Waals surface area contributed by atoms with Crippen LogP contribution in [0.3, 0.4) is 0 Å². The lowest BCUT2D eigenvalue weighted by molar-refractivity contribution is 1.53. The minimum atomic E-state index is 0.544. The zero-order valence-corrected chi connectivity index (χ0v) is 5.70. The Morgan fingerprint density at radius 2 is 2.12 bits per heavy atom. The zero-order chi connectivity index (χ0) is 6.57. The molecule has 0 fully saturated rings. The monoisotopic (exact) mass is 128 g/mol. The van der Waals surface area contributed by atoms with Crippen LogP contribution in [0.5, 0.6) is 0 Å². The van der Waals surface area contributed by atoms with Crippen LogP contribution < -0.4 is 0 Å². The largest absolute Gasteiger partial charge is 0.0988 e. The molecule has 0 atom stereocenters. The molecule has 0 unspecified atom stereocenters. The van der Waals surface area contributed by atoms with Crippen molar-refractivity contribution in [3.05, 3.63) is 35.9 Å². The minimum Gasteiger partial charge on any atom is -0.0988 e. The summed E-state index contributed by atoms with van der Waals surface area (Å²) < 4.78 is 0. The van der Waals surface area contributed by atoms with Gasteiger partial charge >= 0.3 is 0 Å². The van der Waals surface area contributed by atoms with Crippen molar-refractivity contribution in [1.82, 2.24) is 0 Å². The van der Waals surface area contributed by atoms with E-state index in [0.717, 1.165) is 5.57 Å². The molecule has 0 saturated carbocycles. The summed E-state index contributed by atoms with van der Waals surface area (Å²) in [6.45, 7) is 8.95. The maximum absolute atomic E-state index is 5.43. The van der Waals surface area contributed by atoms with E-state index in [1.165, 1.54) is 0 Å². The summed E-state index contributed by atoms with van der Waals surface area (Å²) in [5, 5.41) is 0.544. The first kappa shape index (κ1) is 7.51. The van der Waals surface area contributed by atoms with E-state index in [1.807, 2.05) is 6.92 Å². The number of rotatable bonds is 2. The third kappa shape index (κ3) is 3.69. The Kier molecular flexibility index (Phi) is 3.29. The van der Waals surface area contributed by atoms with Gasteiger partial charge < -0.3 is 0 Å². The Labute approximate surface area is 55.2 Å².